The van der Waals surface area contributed by atoms with Gasteiger partial charge in [0.2, 0.25) is 0 Å². The van der Waals surface area contributed by atoms with Gasteiger partial charge in [-0.25, -0.2) is 4.79 Å². The zero-order valence-corrected chi connectivity index (χ0v) is 8.55. The van der Waals surface area contributed by atoms with Gasteiger partial charge >= 0.3 is 5.43 Å². The molecule has 0 aromatic heterocycles. The van der Waals surface area contributed by atoms with Crippen LogP contribution in [0.5, 0.6) is 0 Å². The Kier molecular flexibility index (Phi) is 5.16. The summed E-state index contributed by atoms with van der Waals surface area (Å²) in [4.78, 5) is 12.6. The normalized spacial score (nSPS) is 19.5. The Hall–Kier alpha value is -0.280. The number of nitrogens with zero attached hydrogens (tertiary/aromatic N) is 1. The Morgan fingerprint density at radius 1 is 1.23 bits per heavy atom. The van der Waals surface area contributed by atoms with Crippen LogP contribution in [0, 0.1) is 0 Å². The van der Waals surface area contributed by atoms with Crippen molar-refractivity contribution in [2.24, 2.45) is 0 Å². The highest BCUT2D eigenvalue weighted by Gasteiger charge is 2.08. The standard InChI is InChI=1S/C9H16ClNO2/c10-9(12)13-8-7-11-5-3-1-2-4-6-11/h1-8H2. The van der Waals surface area contributed by atoms with Gasteiger partial charge in [0.1, 0.15) is 6.61 Å². The Bertz CT molecular complexity index is 156. The summed E-state index contributed by atoms with van der Waals surface area (Å²) in [5.74, 6) is 0. The van der Waals surface area contributed by atoms with Crippen LogP contribution in [0.25, 0.3) is 0 Å². The van der Waals surface area contributed by atoms with Crippen LogP contribution in [-0.2, 0) is 4.74 Å². The molecule has 76 valence electrons. The molecule has 0 unspecified atom stereocenters. The number of hydrogen-bond donors (Lipinski definition) is 0. The first kappa shape index (κ1) is 10.8. The van der Waals surface area contributed by atoms with Crippen LogP contribution in [0.1, 0.15) is 25.7 Å². The minimum Gasteiger partial charge on any atom is -0.452 e. The van der Waals surface area contributed by atoms with Gasteiger partial charge in [0.05, 0.1) is 0 Å². The Balaban J connectivity index is 2.08. The summed E-state index contributed by atoms with van der Waals surface area (Å²) in [7, 11) is 0. The average molecular weight is 206 g/mol. The molecule has 13 heavy (non-hydrogen) atoms. The zero-order valence-electron chi connectivity index (χ0n) is 7.80. The molecule has 1 heterocycles. The molecule has 0 aromatic rings. The summed E-state index contributed by atoms with van der Waals surface area (Å²) in [6.07, 6.45) is 5.17. The van der Waals surface area contributed by atoms with Crippen molar-refractivity contribution >= 4 is 17.0 Å². The fraction of sp³-hybridized carbons (Fsp3) is 0.889. The van der Waals surface area contributed by atoms with Gasteiger partial charge in [0, 0.05) is 18.1 Å². The lowest BCUT2D eigenvalue weighted by atomic mass is 10.2. The predicted molar refractivity (Wildman–Crippen MR) is 52.1 cm³/mol. The summed E-state index contributed by atoms with van der Waals surface area (Å²) >= 11 is 5.05. The molecule has 1 aliphatic heterocycles. The molecular weight excluding hydrogens is 190 g/mol. The van der Waals surface area contributed by atoms with E-state index in [1.54, 1.807) is 0 Å². The minimum atomic E-state index is -0.699. The van der Waals surface area contributed by atoms with Gasteiger partial charge in [-0.15, -0.1) is 0 Å². The third-order valence-corrected chi connectivity index (χ3v) is 2.43. The summed E-state index contributed by atoms with van der Waals surface area (Å²) in [6.45, 7) is 3.49. The van der Waals surface area contributed by atoms with Crippen LogP contribution < -0.4 is 0 Å². The Labute approximate surface area is 84.0 Å². The maximum absolute atomic E-state index is 10.3. The maximum atomic E-state index is 10.3. The Morgan fingerprint density at radius 3 is 2.38 bits per heavy atom. The van der Waals surface area contributed by atoms with Crippen molar-refractivity contribution in [1.29, 1.82) is 0 Å². The van der Waals surface area contributed by atoms with Crippen molar-refractivity contribution in [1.82, 2.24) is 4.90 Å². The number of carbonyl (C=O) groups excluding carboxylic acids is 1. The lowest BCUT2D eigenvalue weighted by Gasteiger charge is -2.18. The van der Waals surface area contributed by atoms with Gasteiger partial charge in [-0.1, -0.05) is 12.8 Å². The lowest BCUT2D eigenvalue weighted by Crippen LogP contribution is -2.28. The lowest BCUT2D eigenvalue weighted by molar-refractivity contribution is 0.150. The number of rotatable bonds is 3. The van der Waals surface area contributed by atoms with Gasteiger partial charge in [-0.05, 0) is 25.9 Å². The number of carbonyl (C=O) groups is 1. The van der Waals surface area contributed by atoms with E-state index < -0.39 is 5.43 Å². The van der Waals surface area contributed by atoms with Crippen molar-refractivity contribution < 1.29 is 9.53 Å². The van der Waals surface area contributed by atoms with Crippen molar-refractivity contribution in [2.45, 2.75) is 25.7 Å². The molecule has 0 aromatic carbocycles. The van der Waals surface area contributed by atoms with Crippen molar-refractivity contribution in [2.75, 3.05) is 26.2 Å². The largest absolute Gasteiger partial charge is 0.452 e. The van der Waals surface area contributed by atoms with Gasteiger partial charge < -0.3 is 4.74 Å². The van der Waals surface area contributed by atoms with Gasteiger partial charge in [0.15, 0.2) is 0 Å². The molecule has 0 N–H and O–H groups in total. The van der Waals surface area contributed by atoms with E-state index in [0.29, 0.717) is 6.61 Å². The molecule has 0 atom stereocenters. The van der Waals surface area contributed by atoms with Crippen molar-refractivity contribution in [3.8, 4) is 0 Å². The first-order valence-corrected chi connectivity index (χ1v) is 5.21. The van der Waals surface area contributed by atoms with E-state index in [0.717, 1.165) is 19.6 Å². The van der Waals surface area contributed by atoms with Crippen LogP contribution in [0.3, 0.4) is 0 Å². The molecule has 4 heteroatoms. The summed E-state index contributed by atoms with van der Waals surface area (Å²) < 4.78 is 4.67. The monoisotopic (exact) mass is 205 g/mol. The number of halogens is 1. The SMILES string of the molecule is O=C(Cl)OCCN1CCCCCC1. The number of likely N-dealkylation sites (tertiary alicyclic amines) is 1. The minimum absolute atomic E-state index is 0.419. The highest BCUT2D eigenvalue weighted by Crippen LogP contribution is 2.08. The summed E-state index contributed by atoms with van der Waals surface area (Å²) in [6, 6.07) is 0. The van der Waals surface area contributed by atoms with E-state index in [4.69, 9.17) is 11.6 Å². The van der Waals surface area contributed by atoms with E-state index in [9.17, 15) is 4.79 Å². The molecule has 1 saturated heterocycles. The molecule has 1 fully saturated rings. The first-order chi connectivity index (χ1) is 6.29. The van der Waals surface area contributed by atoms with Crippen LogP contribution in [-0.4, -0.2) is 36.6 Å². The topological polar surface area (TPSA) is 29.5 Å². The van der Waals surface area contributed by atoms with E-state index in [-0.39, 0.29) is 0 Å². The molecule has 0 aliphatic carbocycles. The van der Waals surface area contributed by atoms with Crippen LogP contribution in [0.2, 0.25) is 0 Å². The van der Waals surface area contributed by atoms with Crippen LogP contribution in [0.4, 0.5) is 4.79 Å². The quantitative estimate of drug-likeness (QED) is 0.662. The van der Waals surface area contributed by atoms with Gasteiger partial charge in [0.25, 0.3) is 0 Å². The second kappa shape index (κ2) is 6.22. The van der Waals surface area contributed by atoms with E-state index in [1.807, 2.05) is 0 Å². The average Bonchev–Trinajstić information content (AvgIpc) is 2.32. The third kappa shape index (κ3) is 5.11. The molecular formula is C9H16ClNO2. The summed E-state index contributed by atoms with van der Waals surface area (Å²) in [5.41, 5.74) is -0.699. The van der Waals surface area contributed by atoms with E-state index in [1.165, 1.54) is 25.7 Å². The first-order valence-electron chi connectivity index (χ1n) is 4.83. The van der Waals surface area contributed by atoms with Crippen molar-refractivity contribution in [3.05, 3.63) is 0 Å². The smallest absolute Gasteiger partial charge is 0.403 e. The fourth-order valence-electron chi connectivity index (χ4n) is 1.61. The number of hydrogen-bond acceptors (Lipinski definition) is 3. The highest BCUT2D eigenvalue weighted by atomic mass is 35.5. The van der Waals surface area contributed by atoms with Crippen LogP contribution >= 0.6 is 11.6 Å². The Morgan fingerprint density at radius 2 is 1.85 bits per heavy atom. The maximum Gasteiger partial charge on any atom is 0.403 e. The highest BCUT2D eigenvalue weighted by molar-refractivity contribution is 6.61. The molecule has 0 saturated carbocycles. The van der Waals surface area contributed by atoms with Crippen LogP contribution in [0.15, 0.2) is 0 Å². The number of ether oxygens (including phenoxy) is 1. The molecule has 1 aliphatic rings. The molecule has 0 amide bonds. The van der Waals surface area contributed by atoms with Crippen molar-refractivity contribution in [3.63, 3.8) is 0 Å². The molecule has 3 nitrogen and oxygen atoms in total. The molecule has 0 radical (unpaired) electrons. The van der Waals surface area contributed by atoms with E-state index in [2.05, 4.69) is 9.64 Å². The van der Waals surface area contributed by atoms with Gasteiger partial charge in [-0.2, -0.15) is 0 Å². The van der Waals surface area contributed by atoms with E-state index >= 15 is 0 Å². The summed E-state index contributed by atoms with van der Waals surface area (Å²) in [5, 5.41) is 0. The molecule has 0 bridgehead atoms. The third-order valence-electron chi connectivity index (χ3n) is 2.32. The molecule has 1 rings (SSSR count). The molecule has 0 spiro atoms. The predicted octanol–water partition coefficient (Wildman–Crippen LogP) is 2.24. The fourth-order valence-corrected chi connectivity index (χ4v) is 1.69. The zero-order chi connectivity index (χ0) is 9.52. The van der Waals surface area contributed by atoms with Gasteiger partial charge in [-0.3, -0.25) is 4.90 Å². The second-order valence-corrected chi connectivity index (χ2v) is 3.65. The second-order valence-electron chi connectivity index (χ2n) is 3.34.